The zero-order valence-electron chi connectivity index (χ0n) is 6.37. The normalized spacial score (nSPS) is 48.8. The summed E-state index contributed by atoms with van der Waals surface area (Å²) in [6.07, 6.45) is -5.21. The summed E-state index contributed by atoms with van der Waals surface area (Å²) in [6, 6.07) is 0. The molecular weight excluding hydrogens is 164 g/mol. The summed E-state index contributed by atoms with van der Waals surface area (Å²) in [6.45, 7) is 3.34. The van der Waals surface area contributed by atoms with Gasteiger partial charge in [0.25, 0.3) is 0 Å². The molecular formula is C7H12O5. The number of rotatable bonds is 1. The topological polar surface area (TPSA) is 90.2 Å². The Bertz CT molecular complexity index is 171. The van der Waals surface area contributed by atoms with Gasteiger partial charge in [0, 0.05) is 0 Å². The maximum absolute atomic E-state index is 9.21. The molecule has 5 heteroatoms. The lowest BCUT2D eigenvalue weighted by atomic mass is 9.99. The maximum atomic E-state index is 9.21. The molecule has 1 aliphatic heterocycles. The van der Waals surface area contributed by atoms with Crippen LogP contribution in [-0.4, -0.2) is 51.1 Å². The van der Waals surface area contributed by atoms with Gasteiger partial charge in [-0.1, -0.05) is 6.08 Å². The van der Waals surface area contributed by atoms with E-state index in [9.17, 15) is 5.11 Å². The van der Waals surface area contributed by atoms with Crippen LogP contribution >= 0.6 is 0 Å². The zero-order valence-corrected chi connectivity index (χ0v) is 6.37. The van der Waals surface area contributed by atoms with Gasteiger partial charge in [-0.3, -0.25) is 0 Å². The number of hydrogen-bond donors (Lipinski definition) is 4. The van der Waals surface area contributed by atoms with Crippen LogP contribution in [-0.2, 0) is 4.74 Å². The summed E-state index contributed by atoms with van der Waals surface area (Å²) in [7, 11) is 0. The minimum Gasteiger partial charge on any atom is -0.387 e. The van der Waals surface area contributed by atoms with Crippen LogP contribution in [0.2, 0.25) is 0 Å². The fourth-order valence-electron chi connectivity index (χ4n) is 1.08. The largest absolute Gasteiger partial charge is 0.387 e. The Balaban J connectivity index is 2.70. The molecule has 5 nitrogen and oxygen atoms in total. The molecule has 0 amide bonds. The molecule has 0 spiro atoms. The molecule has 0 aromatic rings. The van der Waals surface area contributed by atoms with Crippen LogP contribution in [0.5, 0.6) is 0 Å². The summed E-state index contributed by atoms with van der Waals surface area (Å²) >= 11 is 0. The molecule has 4 N–H and O–H groups in total. The SMILES string of the molecule is C=C[C@@H]1OC(O)[C@@H](O)[C@H](O)[C@@H]1O. The van der Waals surface area contributed by atoms with Gasteiger partial charge in [0.1, 0.15) is 24.4 Å². The van der Waals surface area contributed by atoms with E-state index < -0.39 is 30.7 Å². The van der Waals surface area contributed by atoms with E-state index in [4.69, 9.17) is 20.1 Å². The highest BCUT2D eigenvalue weighted by molar-refractivity contribution is 4.96. The molecule has 12 heavy (non-hydrogen) atoms. The van der Waals surface area contributed by atoms with Gasteiger partial charge in [-0.25, -0.2) is 0 Å². The third kappa shape index (κ3) is 1.50. The van der Waals surface area contributed by atoms with Crippen LogP contribution in [0.1, 0.15) is 0 Å². The first-order valence-electron chi connectivity index (χ1n) is 3.58. The van der Waals surface area contributed by atoms with E-state index in [0.29, 0.717) is 0 Å². The molecule has 0 radical (unpaired) electrons. The van der Waals surface area contributed by atoms with E-state index in [1.165, 1.54) is 6.08 Å². The van der Waals surface area contributed by atoms with E-state index in [-0.39, 0.29) is 0 Å². The van der Waals surface area contributed by atoms with Crippen molar-refractivity contribution in [1.29, 1.82) is 0 Å². The molecule has 70 valence electrons. The molecule has 1 heterocycles. The van der Waals surface area contributed by atoms with Crippen molar-refractivity contribution in [3.05, 3.63) is 12.7 Å². The first-order valence-corrected chi connectivity index (χ1v) is 3.58. The fourth-order valence-corrected chi connectivity index (χ4v) is 1.08. The second kappa shape index (κ2) is 3.51. The van der Waals surface area contributed by atoms with Crippen molar-refractivity contribution in [3.63, 3.8) is 0 Å². The molecule has 5 atom stereocenters. The smallest absolute Gasteiger partial charge is 0.184 e. The standard InChI is InChI=1S/C7H12O5/c1-2-3-4(8)5(9)6(10)7(11)12-3/h2-11H,1H2/t3-,4+,5+,6-,7?/m0/s1. The Labute approximate surface area is 69.5 Å². The van der Waals surface area contributed by atoms with Gasteiger partial charge in [-0.2, -0.15) is 0 Å². The lowest BCUT2D eigenvalue weighted by molar-refractivity contribution is -0.271. The van der Waals surface area contributed by atoms with E-state index in [2.05, 4.69) is 6.58 Å². The summed E-state index contributed by atoms with van der Waals surface area (Å²) in [5.41, 5.74) is 0. The zero-order chi connectivity index (χ0) is 9.30. The third-order valence-corrected chi connectivity index (χ3v) is 1.86. The Morgan fingerprint density at radius 1 is 1.00 bits per heavy atom. The first-order chi connectivity index (χ1) is 5.57. The average molecular weight is 176 g/mol. The van der Waals surface area contributed by atoms with Crippen molar-refractivity contribution in [2.24, 2.45) is 0 Å². The average Bonchev–Trinajstić information content (AvgIpc) is 2.08. The van der Waals surface area contributed by atoms with Gasteiger partial charge in [0.2, 0.25) is 0 Å². The summed E-state index contributed by atoms with van der Waals surface area (Å²) in [4.78, 5) is 0. The van der Waals surface area contributed by atoms with Crippen molar-refractivity contribution < 1.29 is 25.2 Å². The van der Waals surface area contributed by atoms with E-state index >= 15 is 0 Å². The second-order valence-electron chi connectivity index (χ2n) is 2.70. The highest BCUT2D eigenvalue weighted by Gasteiger charge is 2.41. The van der Waals surface area contributed by atoms with Crippen molar-refractivity contribution >= 4 is 0 Å². The number of aliphatic hydroxyl groups is 4. The molecule has 1 unspecified atom stereocenters. The lowest BCUT2D eigenvalue weighted by Gasteiger charge is -2.36. The second-order valence-corrected chi connectivity index (χ2v) is 2.70. The number of ether oxygens (including phenoxy) is 1. The molecule has 1 fully saturated rings. The van der Waals surface area contributed by atoms with Crippen molar-refractivity contribution in [1.82, 2.24) is 0 Å². The Kier molecular flexibility index (Phi) is 2.81. The molecule has 1 saturated heterocycles. The van der Waals surface area contributed by atoms with Crippen molar-refractivity contribution in [3.8, 4) is 0 Å². The van der Waals surface area contributed by atoms with Crippen LogP contribution in [0.3, 0.4) is 0 Å². The molecule has 1 aliphatic rings. The highest BCUT2D eigenvalue weighted by atomic mass is 16.6. The van der Waals surface area contributed by atoms with E-state index in [1.807, 2.05) is 0 Å². The molecule has 0 aromatic carbocycles. The Morgan fingerprint density at radius 2 is 1.58 bits per heavy atom. The quantitative estimate of drug-likeness (QED) is 0.346. The van der Waals surface area contributed by atoms with E-state index in [1.54, 1.807) is 0 Å². The van der Waals surface area contributed by atoms with Crippen LogP contribution < -0.4 is 0 Å². The minimum absolute atomic E-state index is 0.849. The van der Waals surface area contributed by atoms with Gasteiger partial charge >= 0.3 is 0 Å². The van der Waals surface area contributed by atoms with Gasteiger partial charge in [0.15, 0.2) is 6.29 Å². The minimum atomic E-state index is -1.48. The predicted octanol–water partition coefficient (Wildman–Crippen LogP) is -2.03. The monoisotopic (exact) mass is 176 g/mol. The van der Waals surface area contributed by atoms with Crippen LogP contribution in [0, 0.1) is 0 Å². The highest BCUT2D eigenvalue weighted by Crippen LogP contribution is 2.19. The van der Waals surface area contributed by atoms with Crippen LogP contribution in [0.4, 0.5) is 0 Å². The number of hydrogen-bond acceptors (Lipinski definition) is 5. The van der Waals surface area contributed by atoms with Crippen molar-refractivity contribution in [2.45, 2.75) is 30.7 Å². The fraction of sp³-hybridized carbons (Fsp3) is 0.714. The van der Waals surface area contributed by atoms with Gasteiger partial charge < -0.3 is 25.2 Å². The third-order valence-electron chi connectivity index (χ3n) is 1.86. The van der Waals surface area contributed by atoms with Gasteiger partial charge in [0.05, 0.1) is 0 Å². The molecule has 0 aliphatic carbocycles. The number of aliphatic hydroxyl groups excluding tert-OH is 4. The van der Waals surface area contributed by atoms with Gasteiger partial charge in [-0.15, -0.1) is 6.58 Å². The first kappa shape index (κ1) is 9.63. The van der Waals surface area contributed by atoms with Crippen LogP contribution in [0.25, 0.3) is 0 Å². The molecule has 1 rings (SSSR count). The van der Waals surface area contributed by atoms with Gasteiger partial charge in [-0.05, 0) is 0 Å². The Hall–Kier alpha value is -0.460. The molecule has 0 aromatic heterocycles. The summed E-state index contributed by atoms with van der Waals surface area (Å²) < 4.78 is 4.71. The predicted molar refractivity (Wildman–Crippen MR) is 39.1 cm³/mol. The maximum Gasteiger partial charge on any atom is 0.184 e. The summed E-state index contributed by atoms with van der Waals surface area (Å²) in [5.74, 6) is 0. The lowest BCUT2D eigenvalue weighted by Crippen LogP contribution is -2.56. The summed E-state index contributed by atoms with van der Waals surface area (Å²) in [5, 5.41) is 36.3. The van der Waals surface area contributed by atoms with Crippen LogP contribution in [0.15, 0.2) is 12.7 Å². The van der Waals surface area contributed by atoms with Crippen molar-refractivity contribution in [2.75, 3.05) is 0 Å². The molecule has 0 saturated carbocycles. The van der Waals surface area contributed by atoms with E-state index in [0.717, 1.165) is 0 Å². The molecule has 0 bridgehead atoms. The Morgan fingerprint density at radius 3 is 2.08 bits per heavy atom.